The van der Waals surface area contributed by atoms with Crippen LogP contribution in [0.5, 0.6) is 0 Å². The molecule has 1 atom stereocenters. The third-order valence-electron chi connectivity index (χ3n) is 2.21. The minimum absolute atomic E-state index is 0. The second-order valence-electron chi connectivity index (χ2n) is 3.45. The van der Waals surface area contributed by atoms with Crippen molar-refractivity contribution in [2.75, 3.05) is 0 Å². The van der Waals surface area contributed by atoms with Crippen molar-refractivity contribution in [1.82, 2.24) is 0 Å². The van der Waals surface area contributed by atoms with Gasteiger partial charge in [0.15, 0.2) is 0 Å². The van der Waals surface area contributed by atoms with Crippen molar-refractivity contribution in [1.29, 1.82) is 0 Å². The monoisotopic (exact) mass is 257 g/mol. The van der Waals surface area contributed by atoms with E-state index in [1.54, 1.807) is 0 Å². The lowest BCUT2D eigenvalue weighted by Crippen LogP contribution is -2.14. The molecule has 1 rings (SSSR count). The first-order valence-electron chi connectivity index (χ1n) is 4.36. The van der Waals surface area contributed by atoms with E-state index in [1.807, 2.05) is 0 Å². The van der Waals surface area contributed by atoms with Gasteiger partial charge >= 0.3 is 6.18 Å². The molecule has 0 bridgehead atoms. The topological polar surface area (TPSA) is 26.0 Å². The summed E-state index contributed by atoms with van der Waals surface area (Å²) in [6.45, 7) is 2.81. The molecule has 1 aromatic rings. The van der Waals surface area contributed by atoms with E-state index in [0.717, 1.165) is 6.07 Å². The first-order valence-corrected chi connectivity index (χ1v) is 4.36. The Balaban J connectivity index is 0.00000225. The average Bonchev–Trinajstić information content (AvgIpc) is 2.06. The fourth-order valence-electron chi connectivity index (χ4n) is 1.47. The quantitative estimate of drug-likeness (QED) is 0.765. The molecule has 0 aliphatic heterocycles. The Morgan fingerprint density at radius 1 is 1.25 bits per heavy atom. The SMILES string of the molecule is Cc1c([C@@H](C)N)cc(F)cc1C(F)(F)F.Cl. The molecule has 16 heavy (non-hydrogen) atoms. The Hall–Kier alpha value is -0.810. The number of rotatable bonds is 1. The van der Waals surface area contributed by atoms with Gasteiger partial charge in [-0.25, -0.2) is 4.39 Å². The van der Waals surface area contributed by atoms with Crippen LogP contribution < -0.4 is 5.73 Å². The van der Waals surface area contributed by atoms with Gasteiger partial charge in [-0.1, -0.05) is 0 Å². The smallest absolute Gasteiger partial charge is 0.324 e. The van der Waals surface area contributed by atoms with E-state index in [2.05, 4.69) is 0 Å². The van der Waals surface area contributed by atoms with Crippen molar-refractivity contribution in [2.24, 2.45) is 5.73 Å². The first-order chi connectivity index (χ1) is 6.73. The van der Waals surface area contributed by atoms with Crippen molar-refractivity contribution in [2.45, 2.75) is 26.1 Å². The van der Waals surface area contributed by atoms with Crippen LogP contribution in [0.25, 0.3) is 0 Å². The van der Waals surface area contributed by atoms with Gasteiger partial charge in [-0.2, -0.15) is 13.2 Å². The molecule has 2 N–H and O–H groups in total. The highest BCUT2D eigenvalue weighted by Crippen LogP contribution is 2.34. The maximum Gasteiger partial charge on any atom is 0.416 e. The summed E-state index contributed by atoms with van der Waals surface area (Å²) in [4.78, 5) is 0. The summed E-state index contributed by atoms with van der Waals surface area (Å²) >= 11 is 0. The van der Waals surface area contributed by atoms with E-state index in [-0.39, 0.29) is 23.5 Å². The lowest BCUT2D eigenvalue weighted by atomic mass is 9.97. The van der Waals surface area contributed by atoms with Crippen molar-refractivity contribution in [3.8, 4) is 0 Å². The number of benzene rings is 1. The molecular weight excluding hydrogens is 246 g/mol. The largest absolute Gasteiger partial charge is 0.416 e. The molecule has 0 amide bonds. The maximum atomic E-state index is 12.9. The van der Waals surface area contributed by atoms with E-state index in [9.17, 15) is 17.6 Å². The number of alkyl halides is 3. The Labute approximate surface area is 97.0 Å². The minimum Gasteiger partial charge on any atom is -0.324 e. The van der Waals surface area contributed by atoms with E-state index >= 15 is 0 Å². The standard InChI is InChI=1S/C10H11F4N.ClH/c1-5-8(6(2)15)3-7(11)4-9(5)10(12,13)14;/h3-4,6H,15H2,1-2H3;1H/t6-;/m1./s1. The Morgan fingerprint density at radius 2 is 1.75 bits per heavy atom. The van der Waals surface area contributed by atoms with Crippen molar-refractivity contribution < 1.29 is 17.6 Å². The van der Waals surface area contributed by atoms with Gasteiger partial charge in [0.2, 0.25) is 0 Å². The fourth-order valence-corrected chi connectivity index (χ4v) is 1.47. The number of halogens is 5. The molecular formula is C10H12ClF4N. The molecule has 1 aromatic carbocycles. The van der Waals surface area contributed by atoms with Crippen molar-refractivity contribution in [3.05, 3.63) is 34.6 Å². The molecule has 0 radical (unpaired) electrons. The van der Waals surface area contributed by atoms with Gasteiger partial charge in [-0.3, -0.25) is 0 Å². The zero-order valence-corrected chi connectivity index (χ0v) is 9.55. The molecule has 0 spiro atoms. The van der Waals surface area contributed by atoms with Crippen LogP contribution in [0.3, 0.4) is 0 Å². The molecule has 1 nitrogen and oxygen atoms in total. The third kappa shape index (κ3) is 3.09. The Bertz CT molecular complexity index is 374. The predicted octanol–water partition coefficient (Wildman–Crippen LogP) is 3.59. The molecule has 0 fully saturated rings. The predicted molar refractivity (Wildman–Crippen MR) is 56.0 cm³/mol. The maximum absolute atomic E-state index is 12.9. The van der Waals surface area contributed by atoms with Gasteiger partial charge in [0, 0.05) is 6.04 Å². The van der Waals surface area contributed by atoms with E-state index in [0.29, 0.717) is 6.07 Å². The van der Waals surface area contributed by atoms with Crippen LogP contribution in [-0.2, 0) is 6.18 Å². The summed E-state index contributed by atoms with van der Waals surface area (Å²) in [6, 6.07) is 0.901. The molecule has 0 unspecified atom stereocenters. The van der Waals surface area contributed by atoms with Crippen LogP contribution in [0.4, 0.5) is 17.6 Å². The highest BCUT2D eigenvalue weighted by Gasteiger charge is 2.34. The lowest BCUT2D eigenvalue weighted by molar-refractivity contribution is -0.138. The van der Waals surface area contributed by atoms with Gasteiger partial charge in [0.05, 0.1) is 5.56 Å². The van der Waals surface area contributed by atoms with Gasteiger partial charge in [-0.15, -0.1) is 12.4 Å². The lowest BCUT2D eigenvalue weighted by Gasteiger charge is -2.16. The highest BCUT2D eigenvalue weighted by atomic mass is 35.5. The summed E-state index contributed by atoms with van der Waals surface area (Å²) in [5, 5.41) is 0. The van der Waals surface area contributed by atoms with E-state index in [1.165, 1.54) is 13.8 Å². The second kappa shape index (κ2) is 5.01. The van der Waals surface area contributed by atoms with Crippen LogP contribution in [-0.4, -0.2) is 0 Å². The summed E-state index contributed by atoms with van der Waals surface area (Å²) in [7, 11) is 0. The summed E-state index contributed by atoms with van der Waals surface area (Å²) in [5.41, 5.74) is 4.67. The Morgan fingerprint density at radius 3 is 2.12 bits per heavy atom. The van der Waals surface area contributed by atoms with Crippen LogP contribution in [0.2, 0.25) is 0 Å². The summed E-state index contributed by atoms with van der Waals surface area (Å²) < 4.78 is 50.3. The number of hydrogen-bond acceptors (Lipinski definition) is 1. The molecule has 92 valence electrons. The van der Waals surface area contributed by atoms with Gasteiger partial charge < -0.3 is 5.73 Å². The second-order valence-corrected chi connectivity index (χ2v) is 3.45. The molecule has 0 aliphatic carbocycles. The zero-order chi connectivity index (χ0) is 11.8. The Kier molecular flexibility index (Phi) is 4.76. The van der Waals surface area contributed by atoms with Gasteiger partial charge in [0.1, 0.15) is 5.82 Å². The molecule has 0 aromatic heterocycles. The van der Waals surface area contributed by atoms with Crippen molar-refractivity contribution >= 4 is 12.4 Å². The van der Waals surface area contributed by atoms with Gasteiger partial charge in [-0.05, 0) is 37.1 Å². The van der Waals surface area contributed by atoms with Gasteiger partial charge in [0.25, 0.3) is 0 Å². The third-order valence-corrected chi connectivity index (χ3v) is 2.21. The summed E-state index contributed by atoms with van der Waals surface area (Å²) in [5.74, 6) is -0.916. The van der Waals surface area contributed by atoms with Crippen LogP contribution in [0, 0.1) is 12.7 Å². The van der Waals surface area contributed by atoms with Crippen molar-refractivity contribution in [3.63, 3.8) is 0 Å². The van der Waals surface area contributed by atoms with Crippen LogP contribution >= 0.6 is 12.4 Å². The molecule has 0 saturated heterocycles. The molecule has 0 heterocycles. The average molecular weight is 258 g/mol. The van der Waals surface area contributed by atoms with Crippen LogP contribution in [0.1, 0.15) is 29.7 Å². The first kappa shape index (κ1) is 15.2. The van der Waals surface area contributed by atoms with Crippen LogP contribution in [0.15, 0.2) is 12.1 Å². The minimum atomic E-state index is -4.55. The molecule has 0 saturated carbocycles. The molecule has 0 aliphatic rings. The normalized spacial score (nSPS) is 13.2. The van der Waals surface area contributed by atoms with E-state index in [4.69, 9.17) is 5.73 Å². The number of nitrogens with two attached hydrogens (primary N) is 1. The van der Waals surface area contributed by atoms with E-state index < -0.39 is 23.6 Å². The zero-order valence-electron chi connectivity index (χ0n) is 8.73. The number of hydrogen-bond donors (Lipinski definition) is 1. The fraction of sp³-hybridized carbons (Fsp3) is 0.400. The summed E-state index contributed by atoms with van der Waals surface area (Å²) in [6.07, 6.45) is -4.55. The molecule has 6 heteroatoms. The highest BCUT2D eigenvalue weighted by molar-refractivity contribution is 5.85.